The molecule has 0 aliphatic heterocycles. The van der Waals surface area contributed by atoms with Gasteiger partial charge in [-0.25, -0.2) is 13.6 Å². The summed E-state index contributed by atoms with van der Waals surface area (Å²) in [6, 6.07) is 13.1. The van der Waals surface area contributed by atoms with E-state index in [1.54, 1.807) is 6.07 Å². The van der Waals surface area contributed by atoms with E-state index in [0.717, 1.165) is 5.56 Å². The van der Waals surface area contributed by atoms with Gasteiger partial charge in [0.2, 0.25) is 5.09 Å². The lowest BCUT2D eigenvalue weighted by Crippen LogP contribution is -2.17. The normalized spacial score (nSPS) is 13.4. The van der Waals surface area contributed by atoms with Gasteiger partial charge in [-0.05, 0) is 24.6 Å². The number of primary sulfonamides is 1. The summed E-state index contributed by atoms with van der Waals surface area (Å²) in [5.74, 6) is 0.534. The molecule has 2 rings (SSSR count). The van der Waals surface area contributed by atoms with E-state index < -0.39 is 10.0 Å². The van der Waals surface area contributed by atoms with Crippen LogP contribution in [0.4, 0.5) is 0 Å². The number of hydrogen-bond acceptors (Lipinski definition) is 4. The van der Waals surface area contributed by atoms with Crippen LogP contribution in [-0.2, 0) is 16.6 Å². The molecule has 3 N–H and O–H groups in total. The van der Waals surface area contributed by atoms with E-state index in [0.29, 0.717) is 12.3 Å². The average Bonchev–Trinajstić information content (AvgIpc) is 2.86. The highest BCUT2D eigenvalue weighted by Gasteiger charge is 2.13. The van der Waals surface area contributed by atoms with Crippen molar-refractivity contribution in [2.75, 3.05) is 0 Å². The predicted octanol–water partition coefficient (Wildman–Crippen LogP) is 1.78. The quantitative estimate of drug-likeness (QED) is 0.874. The van der Waals surface area contributed by atoms with Crippen LogP contribution in [0.2, 0.25) is 0 Å². The van der Waals surface area contributed by atoms with Gasteiger partial charge in [0, 0.05) is 6.04 Å². The van der Waals surface area contributed by atoms with Crippen LogP contribution in [-0.4, -0.2) is 8.42 Å². The van der Waals surface area contributed by atoms with Crippen molar-refractivity contribution in [2.45, 2.75) is 24.6 Å². The van der Waals surface area contributed by atoms with Crippen LogP contribution in [0.15, 0.2) is 52.0 Å². The molecule has 0 bridgehead atoms. The molecule has 0 saturated carbocycles. The zero-order chi connectivity index (χ0) is 13.9. The molecule has 1 aromatic heterocycles. The fourth-order valence-electron chi connectivity index (χ4n) is 1.72. The van der Waals surface area contributed by atoms with Crippen molar-refractivity contribution in [1.29, 1.82) is 0 Å². The first kappa shape index (κ1) is 13.8. The summed E-state index contributed by atoms with van der Waals surface area (Å²) < 4.78 is 27.3. The van der Waals surface area contributed by atoms with Gasteiger partial charge >= 0.3 is 0 Å². The van der Waals surface area contributed by atoms with E-state index in [-0.39, 0.29) is 11.1 Å². The Morgan fingerprint density at radius 3 is 2.47 bits per heavy atom. The molecule has 0 aliphatic rings. The van der Waals surface area contributed by atoms with Gasteiger partial charge < -0.3 is 9.73 Å². The van der Waals surface area contributed by atoms with Crippen LogP contribution in [0.5, 0.6) is 0 Å². The van der Waals surface area contributed by atoms with Crippen molar-refractivity contribution < 1.29 is 12.8 Å². The Bertz CT molecular complexity index is 635. The first-order valence-corrected chi connectivity index (χ1v) is 7.41. The first-order chi connectivity index (χ1) is 8.97. The number of hydrogen-bond donors (Lipinski definition) is 2. The van der Waals surface area contributed by atoms with E-state index in [4.69, 9.17) is 9.56 Å². The van der Waals surface area contributed by atoms with Crippen molar-refractivity contribution in [1.82, 2.24) is 5.32 Å². The lowest BCUT2D eigenvalue weighted by molar-refractivity contribution is 0.393. The molecule has 2 aromatic rings. The second-order valence-electron chi connectivity index (χ2n) is 4.28. The summed E-state index contributed by atoms with van der Waals surface area (Å²) in [7, 11) is -3.77. The van der Waals surface area contributed by atoms with Crippen LogP contribution >= 0.6 is 0 Å². The zero-order valence-corrected chi connectivity index (χ0v) is 11.4. The van der Waals surface area contributed by atoms with Crippen molar-refractivity contribution in [3.63, 3.8) is 0 Å². The molecule has 0 spiro atoms. The Kier molecular flexibility index (Phi) is 4.04. The minimum absolute atomic E-state index is 0.143. The number of benzene rings is 1. The van der Waals surface area contributed by atoms with E-state index in [1.807, 2.05) is 37.3 Å². The Balaban J connectivity index is 1.98. The van der Waals surface area contributed by atoms with Gasteiger partial charge in [0.15, 0.2) is 0 Å². The topological polar surface area (TPSA) is 85.3 Å². The molecule has 0 amide bonds. The Morgan fingerprint density at radius 2 is 1.89 bits per heavy atom. The highest BCUT2D eigenvalue weighted by Crippen LogP contribution is 2.15. The van der Waals surface area contributed by atoms with Crippen molar-refractivity contribution in [2.24, 2.45) is 5.14 Å². The number of rotatable bonds is 5. The van der Waals surface area contributed by atoms with Crippen LogP contribution in [0.3, 0.4) is 0 Å². The van der Waals surface area contributed by atoms with E-state index in [1.165, 1.54) is 6.07 Å². The SMILES string of the molecule is CC(NCc1ccc(S(N)(=O)=O)o1)c1ccccc1. The van der Waals surface area contributed by atoms with Gasteiger partial charge in [-0.3, -0.25) is 0 Å². The third kappa shape index (κ3) is 3.66. The van der Waals surface area contributed by atoms with Crippen molar-refractivity contribution in [3.05, 3.63) is 53.8 Å². The summed E-state index contributed by atoms with van der Waals surface area (Å²) >= 11 is 0. The Labute approximate surface area is 112 Å². The summed E-state index contributed by atoms with van der Waals surface area (Å²) in [6.45, 7) is 2.46. The smallest absolute Gasteiger partial charge is 0.271 e. The second kappa shape index (κ2) is 5.56. The van der Waals surface area contributed by atoms with E-state index in [9.17, 15) is 8.42 Å². The maximum Gasteiger partial charge on any atom is 0.271 e. The molecule has 1 heterocycles. The molecule has 0 fully saturated rings. The Hall–Kier alpha value is -1.63. The molecule has 6 heteroatoms. The average molecular weight is 280 g/mol. The molecule has 0 radical (unpaired) electrons. The minimum Gasteiger partial charge on any atom is -0.447 e. The van der Waals surface area contributed by atoms with Gasteiger partial charge in [-0.2, -0.15) is 0 Å². The molecule has 0 saturated heterocycles. The van der Waals surface area contributed by atoms with Gasteiger partial charge in [0.25, 0.3) is 10.0 Å². The predicted molar refractivity (Wildman–Crippen MR) is 71.8 cm³/mol. The Morgan fingerprint density at radius 1 is 1.21 bits per heavy atom. The summed E-state index contributed by atoms with van der Waals surface area (Å²) in [4.78, 5) is 0. The van der Waals surface area contributed by atoms with Crippen LogP contribution < -0.4 is 10.5 Å². The second-order valence-corrected chi connectivity index (χ2v) is 5.77. The molecule has 1 atom stereocenters. The summed E-state index contributed by atoms with van der Waals surface area (Å²) in [5.41, 5.74) is 1.15. The summed E-state index contributed by atoms with van der Waals surface area (Å²) in [5, 5.41) is 8.01. The number of nitrogens with one attached hydrogen (secondary N) is 1. The fraction of sp³-hybridized carbons (Fsp3) is 0.231. The highest BCUT2D eigenvalue weighted by atomic mass is 32.2. The highest BCUT2D eigenvalue weighted by molar-refractivity contribution is 7.89. The minimum atomic E-state index is -3.77. The maximum absolute atomic E-state index is 11.1. The third-order valence-corrected chi connectivity index (χ3v) is 3.58. The number of sulfonamides is 1. The van der Waals surface area contributed by atoms with Crippen LogP contribution in [0.1, 0.15) is 24.3 Å². The van der Waals surface area contributed by atoms with Gasteiger partial charge in [0.1, 0.15) is 5.76 Å². The maximum atomic E-state index is 11.1. The van der Waals surface area contributed by atoms with E-state index in [2.05, 4.69) is 5.32 Å². The van der Waals surface area contributed by atoms with Crippen molar-refractivity contribution in [3.8, 4) is 0 Å². The molecule has 102 valence electrons. The molecule has 0 aliphatic carbocycles. The van der Waals surface area contributed by atoms with Gasteiger partial charge in [0.05, 0.1) is 6.54 Å². The van der Waals surface area contributed by atoms with Crippen LogP contribution in [0, 0.1) is 0 Å². The van der Waals surface area contributed by atoms with Crippen LogP contribution in [0.25, 0.3) is 0 Å². The lowest BCUT2D eigenvalue weighted by Gasteiger charge is -2.12. The largest absolute Gasteiger partial charge is 0.447 e. The lowest BCUT2D eigenvalue weighted by atomic mass is 10.1. The standard InChI is InChI=1S/C13H16N2O3S/c1-10(11-5-3-2-4-6-11)15-9-12-7-8-13(18-12)19(14,16)17/h2-8,10,15H,9H2,1H3,(H2,14,16,17). The van der Waals surface area contributed by atoms with Gasteiger partial charge in [-0.1, -0.05) is 30.3 Å². The molecule has 5 nitrogen and oxygen atoms in total. The van der Waals surface area contributed by atoms with Crippen molar-refractivity contribution >= 4 is 10.0 Å². The molecule has 1 unspecified atom stereocenters. The molecular weight excluding hydrogens is 264 g/mol. The first-order valence-electron chi connectivity index (χ1n) is 5.86. The summed E-state index contributed by atoms with van der Waals surface area (Å²) in [6.07, 6.45) is 0. The zero-order valence-electron chi connectivity index (χ0n) is 10.5. The fourth-order valence-corrected chi connectivity index (χ4v) is 2.20. The third-order valence-electron chi connectivity index (χ3n) is 2.80. The molecule has 19 heavy (non-hydrogen) atoms. The van der Waals surface area contributed by atoms with Gasteiger partial charge in [-0.15, -0.1) is 0 Å². The monoisotopic (exact) mass is 280 g/mol. The number of nitrogens with two attached hydrogens (primary N) is 1. The molecular formula is C13H16N2O3S. The van der Waals surface area contributed by atoms with E-state index >= 15 is 0 Å². The number of furan rings is 1. The molecule has 1 aromatic carbocycles.